The number of amides is 1. The molecule has 1 atom stereocenters. The Morgan fingerprint density at radius 2 is 2.06 bits per heavy atom. The van der Waals surface area contributed by atoms with Crippen molar-refractivity contribution in [2.24, 2.45) is 5.73 Å². The van der Waals surface area contributed by atoms with Crippen LogP contribution in [0.5, 0.6) is 0 Å². The third-order valence-corrected chi connectivity index (χ3v) is 3.22. The normalized spacial score (nSPS) is 12.7. The van der Waals surface area contributed by atoms with Gasteiger partial charge >= 0.3 is 0 Å². The molecule has 1 amide bonds. The van der Waals surface area contributed by atoms with Crippen molar-refractivity contribution >= 4 is 57.6 Å². The molecule has 1 unspecified atom stereocenters. The maximum atomic E-state index is 11.5. The Bertz CT molecular complexity index is 584. The highest BCUT2D eigenvalue weighted by molar-refractivity contribution is 7.00. The lowest BCUT2D eigenvalue weighted by atomic mass is 10.2. The maximum absolute atomic E-state index is 11.5. The first-order chi connectivity index (χ1) is 8.00. The zero-order valence-corrected chi connectivity index (χ0v) is 11.0. The fourth-order valence-electron chi connectivity index (χ4n) is 1.23. The minimum absolute atomic E-state index is 0.309. The number of rotatable bonds is 2. The lowest BCUT2D eigenvalue weighted by Crippen LogP contribution is -2.32. The van der Waals surface area contributed by atoms with Crippen molar-refractivity contribution in [1.82, 2.24) is 8.75 Å². The van der Waals surface area contributed by atoms with Crippen LogP contribution in [-0.4, -0.2) is 20.7 Å². The molecule has 1 aromatic heterocycles. The molecule has 0 aliphatic heterocycles. The van der Waals surface area contributed by atoms with Crippen LogP contribution in [0.15, 0.2) is 6.07 Å². The molecule has 2 rings (SSSR count). The largest absolute Gasteiger partial charge is 0.322 e. The number of benzene rings is 1. The van der Waals surface area contributed by atoms with Crippen LogP contribution in [-0.2, 0) is 4.79 Å². The van der Waals surface area contributed by atoms with Crippen LogP contribution >= 0.6 is 34.9 Å². The number of halogens is 2. The molecule has 90 valence electrons. The molecule has 0 spiro atoms. The Hall–Kier alpha value is -0.950. The fourth-order valence-corrected chi connectivity index (χ4v) is 2.39. The Kier molecular flexibility index (Phi) is 3.48. The number of nitrogens with zero attached hydrogens (tertiary/aromatic N) is 2. The number of anilines is 1. The number of aromatic nitrogens is 2. The highest BCUT2D eigenvalue weighted by Crippen LogP contribution is 2.35. The molecule has 0 bridgehead atoms. The molecular formula is C9H8Cl2N4OS. The van der Waals surface area contributed by atoms with Gasteiger partial charge in [-0.15, -0.1) is 0 Å². The van der Waals surface area contributed by atoms with Crippen LogP contribution in [0.4, 0.5) is 5.69 Å². The van der Waals surface area contributed by atoms with Gasteiger partial charge in [0, 0.05) is 0 Å². The third-order valence-electron chi connectivity index (χ3n) is 2.11. The first kappa shape index (κ1) is 12.5. The van der Waals surface area contributed by atoms with Crippen LogP contribution in [0.25, 0.3) is 11.0 Å². The van der Waals surface area contributed by atoms with Crippen molar-refractivity contribution in [2.75, 3.05) is 5.32 Å². The number of carbonyl (C=O) groups excluding carboxylic acids is 1. The zero-order chi connectivity index (χ0) is 12.6. The zero-order valence-electron chi connectivity index (χ0n) is 8.70. The van der Waals surface area contributed by atoms with Crippen molar-refractivity contribution in [1.29, 1.82) is 0 Å². The number of hydrogen-bond donors (Lipinski definition) is 2. The minimum Gasteiger partial charge on any atom is -0.322 e. The third kappa shape index (κ3) is 2.35. The van der Waals surface area contributed by atoms with Gasteiger partial charge in [0.2, 0.25) is 5.91 Å². The van der Waals surface area contributed by atoms with E-state index in [9.17, 15) is 4.79 Å². The summed E-state index contributed by atoms with van der Waals surface area (Å²) in [5, 5.41) is 3.33. The second-order valence-corrected chi connectivity index (χ2v) is 4.80. The van der Waals surface area contributed by atoms with Gasteiger partial charge in [-0.2, -0.15) is 8.75 Å². The molecule has 0 radical (unpaired) electrons. The number of carbonyl (C=O) groups is 1. The number of nitrogens with two attached hydrogens (primary N) is 1. The average Bonchev–Trinajstić information content (AvgIpc) is 2.72. The molecule has 0 saturated heterocycles. The van der Waals surface area contributed by atoms with Gasteiger partial charge in [-0.3, -0.25) is 4.79 Å². The average molecular weight is 291 g/mol. The van der Waals surface area contributed by atoms with Crippen molar-refractivity contribution in [3.63, 3.8) is 0 Å². The highest BCUT2D eigenvalue weighted by Gasteiger charge is 2.17. The fraction of sp³-hybridized carbons (Fsp3) is 0.222. The van der Waals surface area contributed by atoms with Crippen LogP contribution < -0.4 is 11.1 Å². The predicted molar refractivity (Wildman–Crippen MR) is 69.7 cm³/mol. The number of fused-ring (bicyclic) bond motifs is 1. The molecular weight excluding hydrogens is 283 g/mol. The van der Waals surface area contributed by atoms with E-state index in [0.29, 0.717) is 26.8 Å². The molecule has 0 aliphatic rings. The van der Waals surface area contributed by atoms with Gasteiger partial charge in [-0.05, 0) is 13.0 Å². The monoisotopic (exact) mass is 290 g/mol. The molecule has 8 heteroatoms. The van der Waals surface area contributed by atoms with Gasteiger partial charge in [0.15, 0.2) is 0 Å². The molecule has 5 nitrogen and oxygen atoms in total. The van der Waals surface area contributed by atoms with Gasteiger partial charge in [-0.1, -0.05) is 23.2 Å². The summed E-state index contributed by atoms with van der Waals surface area (Å²) in [6.07, 6.45) is 0. The van der Waals surface area contributed by atoms with Crippen LogP contribution in [0, 0.1) is 0 Å². The van der Waals surface area contributed by atoms with Crippen molar-refractivity contribution in [2.45, 2.75) is 13.0 Å². The topological polar surface area (TPSA) is 80.9 Å². The number of hydrogen-bond acceptors (Lipinski definition) is 5. The minimum atomic E-state index is -0.636. The van der Waals surface area contributed by atoms with Gasteiger partial charge < -0.3 is 11.1 Å². The standard InChI is InChI=1S/C9H8Cl2N4OS/c1-3(12)9(16)13-6-4(10)2-5(11)7-8(6)15-17-14-7/h2-3H,12H2,1H3,(H,13,16). The first-order valence-electron chi connectivity index (χ1n) is 4.67. The molecule has 1 heterocycles. The molecule has 0 fully saturated rings. The molecule has 0 aliphatic carbocycles. The SMILES string of the molecule is CC(N)C(=O)Nc1c(Cl)cc(Cl)c2nsnc12. The van der Waals surface area contributed by atoms with E-state index in [1.54, 1.807) is 6.92 Å². The second-order valence-electron chi connectivity index (χ2n) is 3.45. The Labute approximate surface area is 111 Å². The van der Waals surface area contributed by atoms with Crippen LogP contribution in [0.1, 0.15) is 6.92 Å². The van der Waals surface area contributed by atoms with Crippen molar-refractivity contribution in [3.8, 4) is 0 Å². The lowest BCUT2D eigenvalue weighted by molar-refractivity contribution is -0.117. The first-order valence-corrected chi connectivity index (χ1v) is 6.16. The van der Waals surface area contributed by atoms with Crippen molar-refractivity contribution < 1.29 is 4.79 Å². The molecule has 2 aromatic rings. The van der Waals surface area contributed by atoms with E-state index in [-0.39, 0.29) is 5.91 Å². The van der Waals surface area contributed by atoms with Crippen LogP contribution in [0.3, 0.4) is 0 Å². The number of nitrogens with one attached hydrogen (secondary N) is 1. The lowest BCUT2D eigenvalue weighted by Gasteiger charge is -2.10. The summed E-state index contributed by atoms with van der Waals surface area (Å²) in [6.45, 7) is 1.58. The summed E-state index contributed by atoms with van der Waals surface area (Å²) < 4.78 is 8.09. The summed E-state index contributed by atoms with van der Waals surface area (Å²) in [7, 11) is 0. The van der Waals surface area contributed by atoms with Gasteiger partial charge in [0.05, 0.1) is 33.5 Å². The summed E-state index contributed by atoms with van der Waals surface area (Å²) in [4.78, 5) is 11.5. The van der Waals surface area contributed by atoms with Gasteiger partial charge in [0.1, 0.15) is 11.0 Å². The quantitative estimate of drug-likeness (QED) is 0.889. The van der Waals surface area contributed by atoms with E-state index in [0.717, 1.165) is 11.7 Å². The van der Waals surface area contributed by atoms with E-state index in [4.69, 9.17) is 28.9 Å². The highest BCUT2D eigenvalue weighted by atomic mass is 35.5. The molecule has 3 N–H and O–H groups in total. The van der Waals surface area contributed by atoms with E-state index in [1.807, 2.05) is 0 Å². The molecule has 17 heavy (non-hydrogen) atoms. The second kappa shape index (κ2) is 4.73. The summed E-state index contributed by atoms with van der Waals surface area (Å²) in [5.41, 5.74) is 6.85. The van der Waals surface area contributed by atoms with Crippen molar-refractivity contribution in [3.05, 3.63) is 16.1 Å². The molecule has 0 saturated carbocycles. The van der Waals surface area contributed by atoms with Gasteiger partial charge in [0.25, 0.3) is 0 Å². The smallest absolute Gasteiger partial charge is 0.241 e. The molecule has 1 aromatic carbocycles. The Morgan fingerprint density at radius 3 is 2.71 bits per heavy atom. The maximum Gasteiger partial charge on any atom is 0.241 e. The Balaban J connectivity index is 2.53. The van der Waals surface area contributed by atoms with Gasteiger partial charge in [-0.25, -0.2) is 0 Å². The summed E-state index contributed by atoms with van der Waals surface area (Å²) in [5.74, 6) is -0.344. The summed E-state index contributed by atoms with van der Waals surface area (Å²) in [6, 6.07) is 0.882. The predicted octanol–water partition coefficient (Wildman–Crippen LogP) is 2.28. The van der Waals surface area contributed by atoms with Crippen LogP contribution in [0.2, 0.25) is 10.0 Å². The van der Waals surface area contributed by atoms with E-state index >= 15 is 0 Å². The van der Waals surface area contributed by atoms with E-state index in [2.05, 4.69) is 14.1 Å². The Morgan fingerprint density at radius 1 is 1.41 bits per heavy atom. The van der Waals surface area contributed by atoms with E-state index < -0.39 is 6.04 Å². The summed E-state index contributed by atoms with van der Waals surface area (Å²) >= 11 is 13.0. The van der Waals surface area contributed by atoms with E-state index in [1.165, 1.54) is 6.07 Å².